The monoisotopic (exact) mass is 516 g/mol. The molecule has 1 saturated heterocycles. The van der Waals surface area contributed by atoms with E-state index in [0.29, 0.717) is 19.2 Å². The van der Waals surface area contributed by atoms with Gasteiger partial charge in [0.05, 0.1) is 33.5 Å². The van der Waals surface area contributed by atoms with Crippen LogP contribution < -0.4 is 9.64 Å². The second-order valence-corrected chi connectivity index (χ2v) is 11.1. The zero-order valence-electron chi connectivity index (χ0n) is 17.5. The van der Waals surface area contributed by atoms with Crippen molar-refractivity contribution < 1.29 is 26.3 Å². The predicted octanol–water partition coefficient (Wildman–Crippen LogP) is 5.93. The molecule has 2 aromatic carbocycles. The van der Waals surface area contributed by atoms with Gasteiger partial charge in [0.15, 0.2) is 15.0 Å². The standard InChI is InChI=1S/C22H20ClF3N2O3S2/c1-31-16-4-2-3-14(11-16)19-13-32-21(27-19)28-9-7-17(8-10-28)33(29,30)20-12-15(22(24,25)26)5-6-18(20)23/h2-6,11-13,17H,7-10H2,1H3. The summed E-state index contributed by atoms with van der Waals surface area (Å²) < 4.78 is 70.7. The van der Waals surface area contributed by atoms with Crippen molar-refractivity contribution in [3.63, 3.8) is 0 Å². The molecule has 0 unspecified atom stereocenters. The molecular formula is C22H20ClF3N2O3S2. The van der Waals surface area contributed by atoms with Crippen LogP contribution in [0.5, 0.6) is 5.75 Å². The number of anilines is 1. The van der Waals surface area contributed by atoms with E-state index in [4.69, 9.17) is 16.3 Å². The Morgan fingerprint density at radius 3 is 2.55 bits per heavy atom. The van der Waals surface area contributed by atoms with Gasteiger partial charge in [-0.2, -0.15) is 13.2 Å². The molecule has 0 aliphatic carbocycles. The number of rotatable bonds is 5. The number of ether oxygens (including phenoxy) is 1. The number of piperidine rings is 1. The van der Waals surface area contributed by atoms with Crippen LogP contribution in [0, 0.1) is 0 Å². The first-order valence-electron chi connectivity index (χ1n) is 10.0. The van der Waals surface area contributed by atoms with E-state index >= 15 is 0 Å². The molecule has 2 heterocycles. The summed E-state index contributed by atoms with van der Waals surface area (Å²) in [6.45, 7) is 0.844. The number of methoxy groups -OCH3 is 1. The number of halogens is 4. The maximum atomic E-state index is 13.1. The molecule has 11 heteroatoms. The fourth-order valence-corrected chi connectivity index (χ4v) is 6.91. The Morgan fingerprint density at radius 1 is 1.15 bits per heavy atom. The van der Waals surface area contributed by atoms with Crippen molar-refractivity contribution in [2.75, 3.05) is 25.1 Å². The minimum atomic E-state index is -4.65. The number of sulfone groups is 1. The molecule has 4 rings (SSSR count). The molecule has 0 bridgehead atoms. The van der Waals surface area contributed by atoms with Gasteiger partial charge in [-0.15, -0.1) is 11.3 Å². The largest absolute Gasteiger partial charge is 0.497 e. The molecule has 3 aromatic rings. The van der Waals surface area contributed by atoms with Crippen LogP contribution in [-0.4, -0.2) is 38.9 Å². The first-order valence-corrected chi connectivity index (χ1v) is 12.9. The third-order valence-electron chi connectivity index (χ3n) is 5.57. The van der Waals surface area contributed by atoms with Crippen molar-refractivity contribution >= 4 is 37.9 Å². The number of hydrogen-bond donors (Lipinski definition) is 0. The lowest BCUT2D eigenvalue weighted by atomic mass is 10.1. The molecule has 0 N–H and O–H groups in total. The van der Waals surface area contributed by atoms with E-state index in [1.54, 1.807) is 7.11 Å². The molecule has 5 nitrogen and oxygen atoms in total. The fraction of sp³-hybridized carbons (Fsp3) is 0.318. The molecule has 1 aliphatic rings. The molecule has 0 radical (unpaired) electrons. The van der Waals surface area contributed by atoms with Crippen LogP contribution in [0.2, 0.25) is 5.02 Å². The highest BCUT2D eigenvalue weighted by Gasteiger charge is 2.36. The number of hydrogen-bond acceptors (Lipinski definition) is 6. The van der Waals surface area contributed by atoms with Crippen molar-refractivity contribution in [3.05, 3.63) is 58.4 Å². The SMILES string of the molecule is COc1cccc(-c2csc(N3CCC(S(=O)(=O)c4cc(C(F)(F)F)ccc4Cl)CC3)n2)c1. The van der Waals surface area contributed by atoms with Gasteiger partial charge in [0.25, 0.3) is 0 Å². The van der Waals surface area contributed by atoms with Gasteiger partial charge >= 0.3 is 6.18 Å². The summed E-state index contributed by atoms with van der Waals surface area (Å²) in [6.07, 6.45) is -4.12. The number of benzene rings is 2. The van der Waals surface area contributed by atoms with Gasteiger partial charge in [0.2, 0.25) is 0 Å². The second kappa shape index (κ2) is 9.15. The smallest absolute Gasteiger partial charge is 0.416 e. The molecule has 1 aliphatic heterocycles. The van der Waals surface area contributed by atoms with Gasteiger partial charge in [-0.25, -0.2) is 13.4 Å². The van der Waals surface area contributed by atoms with Crippen LogP contribution in [0.4, 0.5) is 18.3 Å². The van der Waals surface area contributed by atoms with Crippen molar-refractivity contribution in [3.8, 4) is 17.0 Å². The molecular weight excluding hydrogens is 497 g/mol. The highest BCUT2D eigenvalue weighted by atomic mass is 35.5. The highest BCUT2D eigenvalue weighted by molar-refractivity contribution is 7.92. The van der Waals surface area contributed by atoms with Gasteiger partial charge in [-0.05, 0) is 43.2 Å². The molecule has 1 fully saturated rings. The summed E-state index contributed by atoms with van der Waals surface area (Å²) in [5, 5.41) is 1.68. The van der Waals surface area contributed by atoms with Gasteiger partial charge in [0.1, 0.15) is 5.75 Å². The van der Waals surface area contributed by atoms with E-state index in [1.165, 1.54) is 11.3 Å². The number of alkyl halides is 3. The van der Waals surface area contributed by atoms with E-state index in [1.807, 2.05) is 34.5 Å². The third kappa shape index (κ3) is 4.97. The van der Waals surface area contributed by atoms with Crippen molar-refractivity contribution in [1.82, 2.24) is 4.98 Å². The summed E-state index contributed by atoms with van der Waals surface area (Å²) in [4.78, 5) is 6.20. The Morgan fingerprint density at radius 2 is 1.88 bits per heavy atom. The molecule has 0 amide bonds. The summed E-state index contributed by atoms with van der Waals surface area (Å²) >= 11 is 7.44. The van der Waals surface area contributed by atoms with E-state index in [-0.39, 0.29) is 17.9 Å². The molecule has 176 valence electrons. The Labute approximate surface area is 198 Å². The van der Waals surface area contributed by atoms with E-state index in [2.05, 4.69) is 4.98 Å². The minimum absolute atomic E-state index is 0.201. The molecule has 0 atom stereocenters. The van der Waals surface area contributed by atoms with E-state index < -0.39 is 31.7 Å². The van der Waals surface area contributed by atoms with Crippen LogP contribution in [-0.2, 0) is 16.0 Å². The van der Waals surface area contributed by atoms with Gasteiger partial charge in [-0.1, -0.05) is 23.7 Å². The first-order chi connectivity index (χ1) is 15.6. The Bertz CT molecular complexity index is 1250. The molecule has 1 aromatic heterocycles. The maximum Gasteiger partial charge on any atom is 0.416 e. The fourth-order valence-electron chi connectivity index (χ4n) is 3.76. The van der Waals surface area contributed by atoms with Crippen molar-refractivity contribution in [2.45, 2.75) is 29.2 Å². The maximum absolute atomic E-state index is 13.1. The summed E-state index contributed by atoms with van der Waals surface area (Å²) in [7, 11) is -2.42. The average molecular weight is 517 g/mol. The Hall–Kier alpha value is -2.30. The minimum Gasteiger partial charge on any atom is -0.497 e. The van der Waals surface area contributed by atoms with Crippen LogP contribution in [0.3, 0.4) is 0 Å². The van der Waals surface area contributed by atoms with Crippen LogP contribution in [0.25, 0.3) is 11.3 Å². The summed E-state index contributed by atoms with van der Waals surface area (Å²) in [5.41, 5.74) is 0.670. The average Bonchev–Trinajstić information content (AvgIpc) is 3.29. The van der Waals surface area contributed by atoms with Crippen molar-refractivity contribution in [2.24, 2.45) is 0 Å². The summed E-state index contributed by atoms with van der Waals surface area (Å²) in [5.74, 6) is 0.723. The summed E-state index contributed by atoms with van der Waals surface area (Å²) in [6, 6.07) is 9.94. The van der Waals surface area contributed by atoms with Crippen LogP contribution >= 0.6 is 22.9 Å². The third-order valence-corrected chi connectivity index (χ3v) is 9.22. The highest BCUT2D eigenvalue weighted by Crippen LogP contribution is 2.37. The van der Waals surface area contributed by atoms with E-state index in [0.717, 1.165) is 34.3 Å². The Kier molecular flexibility index (Phi) is 6.61. The lowest BCUT2D eigenvalue weighted by Gasteiger charge is -2.31. The van der Waals surface area contributed by atoms with Crippen LogP contribution in [0.1, 0.15) is 18.4 Å². The predicted molar refractivity (Wildman–Crippen MR) is 123 cm³/mol. The number of nitrogens with zero attached hydrogens (tertiary/aromatic N) is 2. The van der Waals surface area contributed by atoms with Crippen LogP contribution in [0.15, 0.2) is 52.7 Å². The number of thiazole rings is 1. The number of aromatic nitrogens is 1. The second-order valence-electron chi connectivity index (χ2n) is 7.62. The lowest BCUT2D eigenvalue weighted by Crippen LogP contribution is -2.39. The topological polar surface area (TPSA) is 59.5 Å². The van der Waals surface area contributed by atoms with E-state index in [9.17, 15) is 21.6 Å². The normalized spacial score (nSPS) is 15.6. The van der Waals surface area contributed by atoms with Gasteiger partial charge < -0.3 is 9.64 Å². The van der Waals surface area contributed by atoms with Gasteiger partial charge in [-0.3, -0.25) is 0 Å². The van der Waals surface area contributed by atoms with Crippen molar-refractivity contribution in [1.29, 1.82) is 0 Å². The quantitative estimate of drug-likeness (QED) is 0.420. The first kappa shape index (κ1) is 23.8. The Balaban J connectivity index is 1.49. The molecule has 0 spiro atoms. The zero-order chi connectivity index (χ0) is 23.8. The lowest BCUT2D eigenvalue weighted by molar-refractivity contribution is -0.137. The van der Waals surface area contributed by atoms with Gasteiger partial charge in [0, 0.05) is 24.0 Å². The zero-order valence-corrected chi connectivity index (χ0v) is 19.9. The molecule has 33 heavy (non-hydrogen) atoms. The molecule has 0 saturated carbocycles.